The molecule has 0 aliphatic heterocycles. The number of hydrogen-bond donors (Lipinski definition) is 1. The Morgan fingerprint density at radius 1 is 1.32 bits per heavy atom. The van der Waals surface area contributed by atoms with Crippen LogP contribution in [-0.2, 0) is 4.74 Å². The lowest BCUT2D eigenvalue weighted by Gasteiger charge is -2.16. The van der Waals surface area contributed by atoms with Gasteiger partial charge in [-0.3, -0.25) is 4.79 Å². The number of hydrogen-bond acceptors (Lipinski definition) is 5. The molecule has 1 aromatic carbocycles. The monoisotopic (exact) mass is 262 g/mol. The van der Waals surface area contributed by atoms with Crippen LogP contribution in [0.2, 0.25) is 0 Å². The number of carbonyl (C=O) groups excluding carboxylic acids is 2. The zero-order valence-corrected chi connectivity index (χ0v) is 10.6. The molecule has 0 bridgehead atoms. The number of para-hydroxylation sites is 2. The van der Waals surface area contributed by atoms with E-state index in [2.05, 4.69) is 4.98 Å². The summed E-state index contributed by atoms with van der Waals surface area (Å²) in [6.07, 6.45) is -1.99. The molecule has 1 atom stereocenters. The first-order valence-electron chi connectivity index (χ1n) is 5.85. The van der Waals surface area contributed by atoms with Crippen LogP contribution in [-0.4, -0.2) is 23.0 Å². The molecule has 19 heavy (non-hydrogen) atoms. The zero-order chi connectivity index (χ0) is 14.0. The van der Waals surface area contributed by atoms with E-state index < -0.39 is 18.0 Å². The normalized spacial score (nSPS) is 12.6. The van der Waals surface area contributed by atoms with Crippen LogP contribution < -0.4 is 5.73 Å². The second-order valence-electron chi connectivity index (χ2n) is 4.45. The molecule has 0 spiro atoms. The van der Waals surface area contributed by atoms with Gasteiger partial charge in [0, 0.05) is 0 Å². The highest BCUT2D eigenvalue weighted by Gasteiger charge is 2.30. The zero-order valence-electron chi connectivity index (χ0n) is 10.6. The maximum atomic E-state index is 12.2. The summed E-state index contributed by atoms with van der Waals surface area (Å²) < 4.78 is 10.2. The van der Waals surface area contributed by atoms with Crippen LogP contribution in [0.3, 0.4) is 0 Å². The third-order valence-corrected chi connectivity index (χ3v) is 2.61. The van der Waals surface area contributed by atoms with Crippen molar-refractivity contribution >= 4 is 23.0 Å². The summed E-state index contributed by atoms with van der Waals surface area (Å²) >= 11 is 0. The van der Waals surface area contributed by atoms with Crippen molar-refractivity contribution in [3.8, 4) is 0 Å². The molecule has 100 valence electrons. The van der Waals surface area contributed by atoms with E-state index in [0.717, 1.165) is 0 Å². The van der Waals surface area contributed by atoms with E-state index in [1.54, 1.807) is 38.1 Å². The van der Waals surface area contributed by atoms with Gasteiger partial charge in [0.1, 0.15) is 5.52 Å². The highest BCUT2D eigenvalue weighted by atomic mass is 16.6. The molecular formula is C13H14N2O4. The number of nitrogens with two attached hydrogens (primary N) is 1. The van der Waals surface area contributed by atoms with Crippen LogP contribution in [0.15, 0.2) is 28.7 Å². The van der Waals surface area contributed by atoms with Crippen LogP contribution >= 0.6 is 0 Å². The van der Waals surface area contributed by atoms with Crippen molar-refractivity contribution in [1.29, 1.82) is 0 Å². The van der Waals surface area contributed by atoms with Gasteiger partial charge >= 0.3 is 6.09 Å². The van der Waals surface area contributed by atoms with Gasteiger partial charge in [-0.25, -0.2) is 9.78 Å². The Kier molecular flexibility index (Phi) is 3.50. The first-order chi connectivity index (χ1) is 8.99. The number of benzene rings is 1. The molecule has 1 amide bonds. The van der Waals surface area contributed by atoms with Gasteiger partial charge in [0.15, 0.2) is 11.7 Å². The molecule has 0 aliphatic carbocycles. The average molecular weight is 262 g/mol. The van der Waals surface area contributed by atoms with Crippen molar-refractivity contribution in [1.82, 2.24) is 4.98 Å². The summed E-state index contributed by atoms with van der Waals surface area (Å²) in [5.74, 6) is -0.804. The second kappa shape index (κ2) is 5.09. The first-order valence-corrected chi connectivity index (χ1v) is 5.85. The Hall–Kier alpha value is -2.37. The molecule has 2 aromatic rings. The summed E-state index contributed by atoms with van der Waals surface area (Å²) in [5.41, 5.74) is 6.04. The third-order valence-electron chi connectivity index (χ3n) is 2.61. The number of amides is 1. The van der Waals surface area contributed by atoms with E-state index in [9.17, 15) is 9.59 Å². The number of Topliss-reactive ketones (excluding diaryl/α,β-unsaturated/α-hetero) is 1. The predicted octanol–water partition coefficient (Wildman–Crippen LogP) is 2.13. The first kappa shape index (κ1) is 13.1. The van der Waals surface area contributed by atoms with Crippen LogP contribution in [0.5, 0.6) is 0 Å². The molecule has 1 heterocycles. The minimum absolute atomic E-state index is 0.0823. The highest BCUT2D eigenvalue weighted by molar-refractivity contribution is 5.98. The molecule has 1 unspecified atom stereocenters. The van der Waals surface area contributed by atoms with Crippen LogP contribution in [0.1, 0.15) is 24.5 Å². The molecule has 1 aromatic heterocycles. The molecule has 0 fully saturated rings. The van der Waals surface area contributed by atoms with Gasteiger partial charge in [-0.2, -0.15) is 0 Å². The number of ether oxygens (including phenoxy) is 1. The van der Waals surface area contributed by atoms with Crippen molar-refractivity contribution in [3.05, 3.63) is 30.2 Å². The Morgan fingerprint density at radius 2 is 2.00 bits per heavy atom. The van der Waals surface area contributed by atoms with Gasteiger partial charge in [-0.15, -0.1) is 0 Å². The van der Waals surface area contributed by atoms with Gasteiger partial charge in [-0.05, 0) is 18.1 Å². The molecule has 0 saturated heterocycles. The average Bonchev–Trinajstić information content (AvgIpc) is 2.78. The quantitative estimate of drug-likeness (QED) is 0.851. The van der Waals surface area contributed by atoms with Crippen LogP contribution in [0, 0.1) is 5.92 Å². The van der Waals surface area contributed by atoms with Crippen molar-refractivity contribution in [3.63, 3.8) is 0 Å². The van der Waals surface area contributed by atoms with Gasteiger partial charge < -0.3 is 14.9 Å². The number of aromatic nitrogens is 1. The summed E-state index contributed by atoms with van der Waals surface area (Å²) in [5, 5.41) is 0. The van der Waals surface area contributed by atoms with Gasteiger partial charge in [0.2, 0.25) is 0 Å². The largest absolute Gasteiger partial charge is 0.437 e. The standard InChI is InChI=1S/C13H14N2O4/c1-7(2)11(19-13(14)17)10(16)12-15-8-5-3-4-6-9(8)18-12/h3-7,11H,1-2H3,(H2,14,17). The lowest BCUT2D eigenvalue weighted by molar-refractivity contribution is 0.0507. The second-order valence-corrected chi connectivity index (χ2v) is 4.45. The number of primary amides is 1. The van der Waals surface area contributed by atoms with Crippen molar-refractivity contribution < 1.29 is 18.7 Å². The highest BCUT2D eigenvalue weighted by Crippen LogP contribution is 2.19. The van der Waals surface area contributed by atoms with E-state index in [-0.39, 0.29) is 11.8 Å². The number of nitrogens with zero attached hydrogens (tertiary/aromatic N) is 1. The lowest BCUT2D eigenvalue weighted by Crippen LogP contribution is -2.34. The van der Waals surface area contributed by atoms with Crippen molar-refractivity contribution in [2.45, 2.75) is 20.0 Å². The SMILES string of the molecule is CC(C)C(OC(N)=O)C(=O)c1nc2ccccc2o1. The van der Waals surface area contributed by atoms with E-state index in [1.165, 1.54) is 0 Å². The van der Waals surface area contributed by atoms with Crippen molar-refractivity contribution in [2.24, 2.45) is 11.7 Å². The summed E-state index contributed by atoms with van der Waals surface area (Å²) in [4.78, 5) is 27.1. The number of rotatable bonds is 4. The smallest absolute Gasteiger partial charge is 0.405 e. The molecule has 6 nitrogen and oxygen atoms in total. The Labute approximate surface area is 109 Å². The third kappa shape index (κ3) is 2.73. The Bertz CT molecular complexity index is 585. The molecular weight excluding hydrogens is 248 g/mol. The minimum atomic E-state index is -0.997. The fraction of sp³-hybridized carbons (Fsp3) is 0.308. The summed E-state index contributed by atoms with van der Waals surface area (Å²) in [7, 11) is 0. The number of carbonyl (C=O) groups is 2. The van der Waals surface area contributed by atoms with Crippen LogP contribution in [0.25, 0.3) is 11.1 Å². The number of fused-ring (bicyclic) bond motifs is 1. The summed E-state index contributed by atoms with van der Waals surface area (Å²) in [6.45, 7) is 3.49. The fourth-order valence-corrected chi connectivity index (χ4v) is 1.72. The van der Waals surface area contributed by atoms with Crippen LogP contribution in [0.4, 0.5) is 4.79 Å². The fourth-order valence-electron chi connectivity index (χ4n) is 1.72. The van der Waals surface area contributed by atoms with E-state index in [4.69, 9.17) is 14.9 Å². The predicted molar refractivity (Wildman–Crippen MR) is 67.6 cm³/mol. The molecule has 6 heteroatoms. The Balaban J connectivity index is 2.32. The summed E-state index contributed by atoms with van der Waals surface area (Å²) in [6, 6.07) is 7.01. The molecule has 0 radical (unpaired) electrons. The van der Waals surface area contributed by atoms with E-state index >= 15 is 0 Å². The van der Waals surface area contributed by atoms with Gasteiger partial charge in [-0.1, -0.05) is 26.0 Å². The molecule has 0 saturated carbocycles. The number of oxazole rings is 1. The van der Waals surface area contributed by atoms with Crippen molar-refractivity contribution in [2.75, 3.05) is 0 Å². The topological polar surface area (TPSA) is 95.4 Å². The maximum absolute atomic E-state index is 12.2. The minimum Gasteiger partial charge on any atom is -0.437 e. The van der Waals surface area contributed by atoms with E-state index in [1.807, 2.05) is 0 Å². The number of ketones is 1. The lowest BCUT2D eigenvalue weighted by atomic mass is 10.0. The van der Waals surface area contributed by atoms with Gasteiger partial charge in [0.25, 0.3) is 11.7 Å². The Morgan fingerprint density at radius 3 is 2.58 bits per heavy atom. The maximum Gasteiger partial charge on any atom is 0.405 e. The molecule has 2 rings (SSSR count). The van der Waals surface area contributed by atoms with E-state index in [0.29, 0.717) is 11.1 Å². The van der Waals surface area contributed by atoms with Gasteiger partial charge in [0.05, 0.1) is 0 Å². The molecule has 2 N–H and O–H groups in total. The molecule has 0 aliphatic rings.